The van der Waals surface area contributed by atoms with Crippen molar-refractivity contribution in [3.63, 3.8) is 0 Å². The number of ether oxygens (including phenoxy) is 1. The van der Waals surface area contributed by atoms with Crippen LogP contribution < -0.4 is 5.32 Å². The van der Waals surface area contributed by atoms with Crippen LogP contribution in [0.2, 0.25) is 0 Å². The lowest BCUT2D eigenvalue weighted by Gasteiger charge is -2.22. The van der Waals surface area contributed by atoms with Crippen molar-refractivity contribution >= 4 is 0 Å². The topological polar surface area (TPSA) is 61.7 Å². The molecular weight excluding hydrogens is 218 g/mol. The molecule has 1 saturated heterocycles. The Bertz CT molecular complexity index is 331. The fraction of sp³-hybridized carbons (Fsp3) is 0.538. The van der Waals surface area contributed by atoms with E-state index in [0.717, 1.165) is 5.56 Å². The van der Waals surface area contributed by atoms with E-state index in [4.69, 9.17) is 4.74 Å². The molecule has 4 nitrogen and oxygen atoms in total. The largest absolute Gasteiger partial charge is 0.394 e. The van der Waals surface area contributed by atoms with Gasteiger partial charge in [-0.3, -0.25) is 0 Å². The Morgan fingerprint density at radius 2 is 2.12 bits per heavy atom. The number of hydrogen-bond donors (Lipinski definition) is 3. The maximum Gasteiger partial charge on any atom is 0.0963 e. The van der Waals surface area contributed by atoms with Gasteiger partial charge in [-0.2, -0.15) is 0 Å². The Hall–Kier alpha value is -0.940. The van der Waals surface area contributed by atoms with Crippen molar-refractivity contribution in [3.05, 3.63) is 35.9 Å². The molecule has 4 heteroatoms. The number of aliphatic hydroxyl groups is 2. The van der Waals surface area contributed by atoms with Gasteiger partial charge in [0.1, 0.15) is 0 Å². The molecular formula is C13H19NO3. The Balaban J connectivity index is 1.84. The van der Waals surface area contributed by atoms with Crippen LogP contribution >= 0.6 is 0 Å². The van der Waals surface area contributed by atoms with Gasteiger partial charge in [0, 0.05) is 12.6 Å². The number of aliphatic hydroxyl groups excluding tert-OH is 2. The zero-order valence-electron chi connectivity index (χ0n) is 9.75. The zero-order chi connectivity index (χ0) is 12.1. The van der Waals surface area contributed by atoms with Crippen molar-refractivity contribution < 1.29 is 14.9 Å². The number of benzene rings is 1. The van der Waals surface area contributed by atoms with Crippen LogP contribution in [0.15, 0.2) is 30.3 Å². The maximum absolute atomic E-state index is 9.43. The second-order valence-electron chi connectivity index (χ2n) is 4.42. The van der Waals surface area contributed by atoms with Gasteiger partial charge in [0.25, 0.3) is 0 Å². The monoisotopic (exact) mass is 237 g/mol. The minimum Gasteiger partial charge on any atom is -0.394 e. The van der Waals surface area contributed by atoms with Crippen molar-refractivity contribution in [1.82, 2.24) is 5.32 Å². The van der Waals surface area contributed by atoms with Crippen molar-refractivity contribution in [2.45, 2.75) is 31.3 Å². The van der Waals surface area contributed by atoms with Gasteiger partial charge >= 0.3 is 0 Å². The molecule has 1 aliphatic rings. The fourth-order valence-electron chi connectivity index (χ4n) is 2.10. The molecule has 1 aromatic carbocycles. The highest BCUT2D eigenvalue weighted by atomic mass is 16.5. The standard InChI is InChI=1S/C13H19NO3/c15-8-13(12-6-11(16)7-14-12)17-9-10-4-2-1-3-5-10/h1-5,11-16H,6-9H2/t11-,12+,13-/m0/s1. The van der Waals surface area contributed by atoms with Crippen molar-refractivity contribution in [3.8, 4) is 0 Å². The molecule has 0 aliphatic carbocycles. The average molecular weight is 237 g/mol. The first-order chi connectivity index (χ1) is 8.29. The zero-order valence-corrected chi connectivity index (χ0v) is 9.75. The third-order valence-electron chi connectivity index (χ3n) is 3.08. The molecule has 0 radical (unpaired) electrons. The summed E-state index contributed by atoms with van der Waals surface area (Å²) in [7, 11) is 0. The van der Waals surface area contributed by atoms with Gasteiger partial charge in [0.2, 0.25) is 0 Å². The number of hydrogen-bond acceptors (Lipinski definition) is 4. The highest BCUT2D eigenvalue weighted by Crippen LogP contribution is 2.14. The van der Waals surface area contributed by atoms with E-state index in [2.05, 4.69) is 5.32 Å². The van der Waals surface area contributed by atoms with Crippen LogP contribution in [0.4, 0.5) is 0 Å². The molecule has 0 aromatic heterocycles. The third-order valence-corrected chi connectivity index (χ3v) is 3.08. The average Bonchev–Trinajstić information content (AvgIpc) is 2.78. The second kappa shape index (κ2) is 6.12. The SMILES string of the molecule is OC[C@H](OCc1ccccc1)[C@H]1C[C@H](O)CN1. The summed E-state index contributed by atoms with van der Waals surface area (Å²) in [6.45, 7) is 1.04. The van der Waals surface area contributed by atoms with Crippen LogP contribution in [0.5, 0.6) is 0 Å². The van der Waals surface area contributed by atoms with E-state index >= 15 is 0 Å². The Labute approximate surface area is 101 Å². The highest BCUT2D eigenvalue weighted by molar-refractivity contribution is 5.13. The summed E-state index contributed by atoms with van der Waals surface area (Å²) < 4.78 is 5.69. The molecule has 0 saturated carbocycles. The van der Waals surface area contributed by atoms with Gasteiger partial charge in [0.15, 0.2) is 0 Å². The van der Waals surface area contributed by atoms with E-state index in [-0.39, 0.29) is 24.9 Å². The van der Waals surface area contributed by atoms with E-state index in [1.54, 1.807) is 0 Å². The molecule has 1 aromatic rings. The molecule has 1 aliphatic heterocycles. The molecule has 0 bridgehead atoms. The molecule has 0 amide bonds. The van der Waals surface area contributed by atoms with Crippen LogP contribution in [0.3, 0.4) is 0 Å². The first-order valence-electron chi connectivity index (χ1n) is 5.97. The van der Waals surface area contributed by atoms with Crippen LogP contribution in [-0.4, -0.2) is 41.6 Å². The Morgan fingerprint density at radius 3 is 2.71 bits per heavy atom. The maximum atomic E-state index is 9.43. The lowest BCUT2D eigenvalue weighted by Crippen LogP contribution is -2.39. The number of nitrogens with one attached hydrogen (secondary N) is 1. The predicted molar refractivity (Wildman–Crippen MR) is 64.5 cm³/mol. The molecule has 1 heterocycles. The number of rotatable bonds is 5. The van der Waals surface area contributed by atoms with E-state index in [1.165, 1.54) is 0 Å². The smallest absolute Gasteiger partial charge is 0.0963 e. The van der Waals surface area contributed by atoms with Crippen LogP contribution in [0.1, 0.15) is 12.0 Å². The van der Waals surface area contributed by atoms with Gasteiger partial charge < -0.3 is 20.3 Å². The van der Waals surface area contributed by atoms with Crippen LogP contribution in [0.25, 0.3) is 0 Å². The van der Waals surface area contributed by atoms with Gasteiger partial charge in [-0.15, -0.1) is 0 Å². The molecule has 3 atom stereocenters. The first-order valence-corrected chi connectivity index (χ1v) is 5.97. The second-order valence-corrected chi connectivity index (χ2v) is 4.42. The van der Waals surface area contributed by atoms with E-state index in [0.29, 0.717) is 19.6 Å². The molecule has 0 unspecified atom stereocenters. The van der Waals surface area contributed by atoms with Gasteiger partial charge in [-0.05, 0) is 12.0 Å². The molecule has 1 fully saturated rings. The molecule has 17 heavy (non-hydrogen) atoms. The van der Waals surface area contributed by atoms with Gasteiger partial charge in [-0.25, -0.2) is 0 Å². The van der Waals surface area contributed by atoms with E-state index in [1.807, 2.05) is 30.3 Å². The van der Waals surface area contributed by atoms with E-state index < -0.39 is 0 Å². The van der Waals surface area contributed by atoms with Crippen molar-refractivity contribution in [2.24, 2.45) is 0 Å². The summed E-state index contributed by atoms with van der Waals surface area (Å²) in [5.74, 6) is 0. The van der Waals surface area contributed by atoms with Crippen molar-refractivity contribution in [1.29, 1.82) is 0 Å². The van der Waals surface area contributed by atoms with Crippen LogP contribution in [0, 0.1) is 0 Å². The van der Waals surface area contributed by atoms with E-state index in [9.17, 15) is 10.2 Å². The third kappa shape index (κ3) is 3.51. The first kappa shape index (κ1) is 12.5. The summed E-state index contributed by atoms with van der Waals surface area (Å²) in [6, 6.07) is 9.91. The van der Waals surface area contributed by atoms with Crippen LogP contribution in [-0.2, 0) is 11.3 Å². The Morgan fingerprint density at radius 1 is 1.35 bits per heavy atom. The molecule has 3 N–H and O–H groups in total. The summed E-state index contributed by atoms with van der Waals surface area (Å²) in [5, 5.41) is 21.9. The molecule has 94 valence electrons. The quantitative estimate of drug-likeness (QED) is 0.688. The summed E-state index contributed by atoms with van der Waals surface area (Å²) in [6.07, 6.45) is 0.0572. The molecule has 2 rings (SSSR count). The van der Waals surface area contributed by atoms with Crippen molar-refractivity contribution in [2.75, 3.05) is 13.2 Å². The summed E-state index contributed by atoms with van der Waals surface area (Å²) in [4.78, 5) is 0. The lowest BCUT2D eigenvalue weighted by molar-refractivity contribution is -0.0179. The molecule has 0 spiro atoms. The summed E-state index contributed by atoms with van der Waals surface area (Å²) in [5.41, 5.74) is 1.09. The predicted octanol–water partition coefficient (Wildman–Crippen LogP) is 0.287. The number of β-amino-alcohol motifs (C(OH)–C–C–N with tert-alkyl or cyclic N) is 1. The summed E-state index contributed by atoms with van der Waals surface area (Å²) >= 11 is 0. The lowest BCUT2D eigenvalue weighted by atomic mass is 10.1. The van der Waals surface area contributed by atoms with Gasteiger partial charge in [0.05, 0.1) is 25.4 Å². The minimum absolute atomic E-state index is 0.0305. The Kier molecular flexibility index (Phi) is 4.50. The fourth-order valence-corrected chi connectivity index (χ4v) is 2.10. The highest BCUT2D eigenvalue weighted by Gasteiger charge is 2.29. The normalized spacial score (nSPS) is 26.0. The van der Waals surface area contributed by atoms with Gasteiger partial charge in [-0.1, -0.05) is 30.3 Å². The minimum atomic E-state index is -0.325.